The Labute approximate surface area is 373 Å². The van der Waals surface area contributed by atoms with Gasteiger partial charge in [0.25, 0.3) is 0 Å². The quantitative estimate of drug-likeness (QED) is 0.117. The van der Waals surface area contributed by atoms with Gasteiger partial charge in [0.05, 0.1) is 33.0 Å². The van der Waals surface area contributed by atoms with Crippen LogP contribution in [0.25, 0.3) is 0 Å². The third-order valence-corrected chi connectivity index (χ3v) is 12.7. The molecule has 30 nitrogen and oxygen atoms in total. The summed E-state index contributed by atoms with van der Waals surface area (Å²) in [5.41, 5.74) is 5.91. The maximum absolute atomic E-state index is 11.3. The van der Waals surface area contributed by atoms with E-state index in [9.17, 15) is 86.8 Å². The van der Waals surface area contributed by atoms with Gasteiger partial charge in [0.2, 0.25) is 0 Å². The van der Waals surface area contributed by atoms with Crippen molar-refractivity contribution in [3.05, 3.63) is 0 Å². The molecule has 30 heteroatoms. The molecule has 384 valence electrons. The molecular weight excluding hydrogens is 910 g/mol. The molecule has 22 rings (SSSR count). The summed E-state index contributed by atoms with van der Waals surface area (Å²) in [5.74, 6) is 0. The molecule has 0 amide bonds. The topological polar surface area (TPSA) is 481 Å². The fourth-order valence-corrected chi connectivity index (χ4v) is 8.97. The van der Waals surface area contributed by atoms with Crippen molar-refractivity contribution in [3.63, 3.8) is 0 Å². The Balaban J connectivity index is 1.19. The number of nitrogens with two attached hydrogens (primary N) is 1. The van der Waals surface area contributed by atoms with Crippen molar-refractivity contribution in [2.45, 2.75) is 184 Å². The number of aliphatic hydroxyl groups excluding tert-OH is 17. The van der Waals surface area contributed by atoms with Gasteiger partial charge in [0, 0.05) is 6.54 Å². The monoisotopic (exact) mass is 971 g/mol. The van der Waals surface area contributed by atoms with E-state index in [2.05, 4.69) is 0 Å². The normalized spacial score (nSPS) is 55.4. The van der Waals surface area contributed by atoms with Gasteiger partial charge in [-0.2, -0.15) is 0 Å². The summed E-state index contributed by atoms with van der Waals surface area (Å²) in [6.45, 7) is -5.42. The van der Waals surface area contributed by atoms with Gasteiger partial charge in [-0.05, 0) is 0 Å². The second kappa shape index (κ2) is 22.1. The molecule has 19 N–H and O–H groups in total. The van der Waals surface area contributed by atoms with E-state index >= 15 is 0 Å². The van der Waals surface area contributed by atoms with Crippen LogP contribution >= 0.6 is 0 Å². The van der Waals surface area contributed by atoms with Crippen molar-refractivity contribution in [1.29, 1.82) is 0 Å². The number of hydrogen-bond acceptors (Lipinski definition) is 30. The smallest absolute Gasteiger partial charge is 0.187 e. The molecule has 22 aliphatic rings. The predicted molar refractivity (Wildman–Crippen MR) is 198 cm³/mol. The Morgan fingerprint density at radius 2 is 0.379 bits per heavy atom. The van der Waals surface area contributed by atoms with Crippen LogP contribution in [0.2, 0.25) is 0 Å². The molecule has 0 radical (unpaired) electrons. The molecule has 0 saturated carbocycles. The number of rotatable bonds is 6. The van der Waals surface area contributed by atoms with E-state index in [0.29, 0.717) is 0 Å². The summed E-state index contributed by atoms with van der Waals surface area (Å²) in [6.07, 6.45) is -57.4. The SMILES string of the molecule is NC[C@H]1O[C@@H]2O[C@H]3[C@H](O)[C@@H](O)[C@@H](O[C@H]4[C@H](O)[C@@H](O)[C@@H](O[C@H]5[C@H](O)[C@@H](O)[C@@H](O[C@H]6[C@H](O)[C@@H](O)[C@@H](O[C@H]7[C@H](O)[C@@H](O)[C@@H](O[C@H]1[C@H](O)[C@H]2O)O[C@@H]7CO)O[C@@H]6CO)O[C@@H]5CO)O[C@@H]4CO)O[C@@H]3CO. The zero-order valence-electron chi connectivity index (χ0n) is 34.6. The van der Waals surface area contributed by atoms with Gasteiger partial charge >= 0.3 is 0 Å². The molecule has 12 bridgehead atoms. The van der Waals surface area contributed by atoms with E-state index in [4.69, 9.17) is 62.6 Å². The van der Waals surface area contributed by atoms with E-state index < -0.39 is 224 Å². The molecule has 66 heavy (non-hydrogen) atoms. The highest BCUT2D eigenvalue weighted by Crippen LogP contribution is 2.38. The van der Waals surface area contributed by atoms with Crippen LogP contribution in [-0.4, -0.2) is 311 Å². The largest absolute Gasteiger partial charge is 0.394 e. The van der Waals surface area contributed by atoms with Gasteiger partial charge in [-0.1, -0.05) is 0 Å². The minimum Gasteiger partial charge on any atom is -0.394 e. The third kappa shape index (κ3) is 10.0. The first-order valence-electron chi connectivity index (χ1n) is 21.2. The van der Waals surface area contributed by atoms with Crippen molar-refractivity contribution in [2.24, 2.45) is 5.73 Å². The van der Waals surface area contributed by atoms with Crippen LogP contribution in [-0.2, 0) is 56.8 Å². The average molecular weight is 972 g/mol. The highest BCUT2D eigenvalue weighted by atomic mass is 16.8. The Kier molecular flexibility index (Phi) is 17.6. The van der Waals surface area contributed by atoms with Crippen molar-refractivity contribution < 1.29 is 144 Å². The molecule has 22 fully saturated rings. The van der Waals surface area contributed by atoms with E-state index in [1.165, 1.54) is 0 Å². The number of hydrogen-bond donors (Lipinski definition) is 18. The van der Waals surface area contributed by atoms with Crippen LogP contribution in [0.5, 0.6) is 0 Å². The second-order valence-electron chi connectivity index (χ2n) is 16.9. The van der Waals surface area contributed by atoms with E-state index in [-0.39, 0.29) is 0 Å². The van der Waals surface area contributed by atoms with Crippen molar-refractivity contribution >= 4 is 0 Å². The number of aliphatic hydroxyl groups is 17. The molecule has 0 aromatic carbocycles. The minimum absolute atomic E-state index is 0.499. The molecule has 0 unspecified atom stereocenters. The average Bonchev–Trinajstić information content (AvgIpc) is 3.31. The first-order valence-corrected chi connectivity index (χ1v) is 21.2. The van der Waals surface area contributed by atoms with Crippen LogP contribution in [0, 0.1) is 0 Å². The van der Waals surface area contributed by atoms with E-state index in [1.807, 2.05) is 0 Å². The molecule has 0 aromatic heterocycles. The lowest BCUT2D eigenvalue weighted by Crippen LogP contribution is -2.69. The summed E-state index contributed by atoms with van der Waals surface area (Å²) in [6, 6.07) is 0. The van der Waals surface area contributed by atoms with Gasteiger partial charge in [-0.3, -0.25) is 0 Å². The zero-order valence-corrected chi connectivity index (χ0v) is 34.6. The third-order valence-electron chi connectivity index (χ3n) is 12.7. The van der Waals surface area contributed by atoms with Gasteiger partial charge in [-0.25, -0.2) is 0 Å². The first kappa shape index (κ1) is 52.6. The van der Waals surface area contributed by atoms with Gasteiger partial charge in [0.1, 0.15) is 146 Å². The first-order chi connectivity index (χ1) is 31.4. The predicted octanol–water partition coefficient (Wildman–Crippen LogP) is -13.1. The Morgan fingerprint density at radius 3 is 0.530 bits per heavy atom. The maximum atomic E-state index is 11.3. The van der Waals surface area contributed by atoms with E-state index in [0.717, 1.165) is 0 Å². The molecule has 22 aliphatic heterocycles. The maximum Gasteiger partial charge on any atom is 0.187 e. The summed E-state index contributed by atoms with van der Waals surface area (Å²) in [7, 11) is 0. The van der Waals surface area contributed by atoms with Crippen LogP contribution in [0.1, 0.15) is 0 Å². The lowest BCUT2D eigenvalue weighted by atomic mass is 9.94. The Bertz CT molecular complexity index is 1240. The Morgan fingerprint density at radius 1 is 0.227 bits per heavy atom. The van der Waals surface area contributed by atoms with Gasteiger partial charge < -0.3 is 149 Å². The van der Waals surface area contributed by atoms with Gasteiger partial charge in [-0.15, -0.1) is 0 Å². The molecular formula is C36H61NO29. The number of ether oxygens (including phenoxy) is 12. The zero-order chi connectivity index (χ0) is 48.0. The second-order valence-corrected chi connectivity index (χ2v) is 16.9. The fourth-order valence-electron chi connectivity index (χ4n) is 8.97. The van der Waals surface area contributed by atoms with Crippen LogP contribution < -0.4 is 5.73 Å². The van der Waals surface area contributed by atoms with Crippen molar-refractivity contribution in [2.75, 3.05) is 39.6 Å². The standard InChI is InChI=1S/C36H61NO29/c37-1-7-25-13(43)19(49)31(55-7)62-26-8(2-38)57-33(21(51)15(26)45)64-28-10(4-40)59-35(23(53)17(28)47)66-30-12(6-42)60-36(24(54)18(30)48)65-29-11(5-41)58-34(22(52)16(29)46)63-27-9(3-39)56-32(61-25)20(50)14(27)44/h7-36,38-54H,1-6,37H2/t7-,8-,9-,10-,11-,12-,13-,14-,15-,16-,17-,18-,19-,20-,21-,22-,23-,24-,25-,26-,27-,28-,29-,30-,31-,32-,33-,34-,35-,36-/m1/s1. The molecule has 30 atom stereocenters. The van der Waals surface area contributed by atoms with E-state index in [1.54, 1.807) is 0 Å². The summed E-state index contributed by atoms with van der Waals surface area (Å²) < 4.78 is 68.3. The van der Waals surface area contributed by atoms with Crippen LogP contribution in [0.15, 0.2) is 0 Å². The molecule has 22 saturated heterocycles. The molecule has 0 aromatic rings. The van der Waals surface area contributed by atoms with Crippen LogP contribution in [0.3, 0.4) is 0 Å². The summed E-state index contributed by atoms with van der Waals surface area (Å²) in [5, 5.41) is 186. The highest BCUT2D eigenvalue weighted by molar-refractivity contribution is 5.01. The van der Waals surface area contributed by atoms with Crippen molar-refractivity contribution in [1.82, 2.24) is 0 Å². The lowest BCUT2D eigenvalue weighted by molar-refractivity contribution is -0.403. The molecule has 0 aliphatic carbocycles. The molecule has 0 spiro atoms. The highest BCUT2D eigenvalue weighted by Gasteiger charge is 2.58. The molecule has 22 heterocycles. The Hall–Kier alpha value is -1.20. The van der Waals surface area contributed by atoms with Gasteiger partial charge in [0.15, 0.2) is 37.7 Å². The van der Waals surface area contributed by atoms with Crippen LogP contribution in [0.4, 0.5) is 0 Å². The minimum atomic E-state index is -2.14. The summed E-state index contributed by atoms with van der Waals surface area (Å²) >= 11 is 0. The lowest BCUT2D eigenvalue weighted by Gasteiger charge is -2.50. The fraction of sp³-hybridized carbons (Fsp3) is 1.00. The van der Waals surface area contributed by atoms with Crippen molar-refractivity contribution in [3.8, 4) is 0 Å². The summed E-state index contributed by atoms with van der Waals surface area (Å²) in [4.78, 5) is 0.